The Bertz CT molecular complexity index is 1250. The van der Waals surface area contributed by atoms with Gasteiger partial charge in [0.15, 0.2) is 0 Å². The van der Waals surface area contributed by atoms with Crippen LogP contribution >= 0.6 is 0 Å². The number of likely N-dealkylation sites (tertiary alicyclic amines) is 1. The van der Waals surface area contributed by atoms with Crippen LogP contribution in [0.5, 0.6) is 0 Å². The zero-order valence-electron chi connectivity index (χ0n) is 21.9. The molecule has 0 spiro atoms. The first-order valence-electron chi connectivity index (χ1n) is 12.5. The van der Waals surface area contributed by atoms with Crippen LogP contribution in [0, 0.1) is 26.7 Å². The number of hydrogen-bond donors (Lipinski definition) is 4. The highest BCUT2D eigenvalue weighted by molar-refractivity contribution is 5.89. The van der Waals surface area contributed by atoms with Crippen molar-refractivity contribution < 1.29 is 19.8 Å². The Balaban J connectivity index is 0.000000414. The van der Waals surface area contributed by atoms with E-state index >= 15 is 0 Å². The summed E-state index contributed by atoms with van der Waals surface area (Å²) in [4.78, 5) is 38.9. The Hall–Kier alpha value is -3.79. The van der Waals surface area contributed by atoms with Crippen molar-refractivity contribution in [3.63, 3.8) is 0 Å². The van der Waals surface area contributed by atoms with Gasteiger partial charge in [0.25, 0.3) is 0 Å². The number of imidazole rings is 1. The van der Waals surface area contributed by atoms with E-state index in [0.29, 0.717) is 18.1 Å². The van der Waals surface area contributed by atoms with Crippen LogP contribution in [0.1, 0.15) is 42.5 Å². The molecular formula is C27H36N6O4. The molecule has 1 aliphatic heterocycles. The number of nitrogens with zero attached hydrogens (tertiary/aromatic N) is 4. The summed E-state index contributed by atoms with van der Waals surface area (Å²) in [6.45, 7) is 9.63. The third-order valence-corrected chi connectivity index (χ3v) is 6.43. The molecule has 10 nitrogen and oxygen atoms in total. The molecule has 0 bridgehead atoms. The number of anilines is 1. The fourth-order valence-corrected chi connectivity index (χ4v) is 4.47. The Morgan fingerprint density at radius 2 is 1.78 bits per heavy atom. The van der Waals surface area contributed by atoms with Crippen molar-refractivity contribution >= 4 is 28.9 Å². The number of carboxylic acid groups (broad SMARTS) is 2. The standard InChI is InChI=1S/C23H32N6.C4H4O4/c1-15-12-16(2)21-20(13-15)27-22(28-21)19-14-25-23(26-17(19)3)24-9-5-6-18-7-10-29(4)11-8-18;5-3(6)1-2-4(7)8/h12-14,18H,5-11H2,1-4H3,(H,27,28)(H,24,25,26);1-2H,(H,5,6)(H,7,8). The van der Waals surface area contributed by atoms with E-state index in [1.54, 1.807) is 0 Å². The van der Waals surface area contributed by atoms with Gasteiger partial charge in [0.2, 0.25) is 5.95 Å². The van der Waals surface area contributed by atoms with Crippen molar-refractivity contribution in [1.82, 2.24) is 24.8 Å². The van der Waals surface area contributed by atoms with Gasteiger partial charge in [-0.2, -0.15) is 0 Å². The molecule has 1 fully saturated rings. The Labute approximate surface area is 216 Å². The van der Waals surface area contributed by atoms with Crippen LogP contribution in [0.4, 0.5) is 5.95 Å². The quantitative estimate of drug-likeness (QED) is 0.260. The van der Waals surface area contributed by atoms with Crippen molar-refractivity contribution in [1.29, 1.82) is 0 Å². The average molecular weight is 509 g/mol. The molecule has 3 aromatic rings. The molecule has 37 heavy (non-hydrogen) atoms. The maximum atomic E-state index is 9.55. The smallest absolute Gasteiger partial charge is 0.328 e. The van der Waals surface area contributed by atoms with Crippen LogP contribution in [0.25, 0.3) is 22.4 Å². The van der Waals surface area contributed by atoms with Crippen LogP contribution in [0.3, 0.4) is 0 Å². The molecule has 4 N–H and O–H groups in total. The summed E-state index contributed by atoms with van der Waals surface area (Å²) >= 11 is 0. The number of piperidine rings is 1. The van der Waals surface area contributed by atoms with E-state index < -0.39 is 11.9 Å². The van der Waals surface area contributed by atoms with Crippen molar-refractivity contribution in [2.45, 2.75) is 46.5 Å². The van der Waals surface area contributed by atoms with Gasteiger partial charge in [-0.1, -0.05) is 6.07 Å². The SMILES string of the molecule is Cc1cc(C)c2nc(-c3cnc(NCCCC4CCN(C)CC4)nc3C)[nH]c2c1.O=C(O)C=CC(=O)O. The fraction of sp³-hybridized carbons (Fsp3) is 0.444. The molecule has 2 aromatic heterocycles. The van der Waals surface area contributed by atoms with Crippen LogP contribution in [-0.2, 0) is 9.59 Å². The predicted octanol–water partition coefficient (Wildman–Crippen LogP) is 4.19. The molecule has 10 heteroatoms. The minimum Gasteiger partial charge on any atom is -0.478 e. The van der Waals surface area contributed by atoms with E-state index in [4.69, 9.17) is 15.2 Å². The number of carboxylic acids is 2. The van der Waals surface area contributed by atoms with E-state index in [9.17, 15) is 9.59 Å². The minimum absolute atomic E-state index is 0.558. The van der Waals surface area contributed by atoms with Gasteiger partial charge in [-0.15, -0.1) is 0 Å². The molecule has 0 atom stereocenters. The lowest BCUT2D eigenvalue weighted by atomic mass is 9.92. The molecule has 0 unspecified atom stereocenters. The molecule has 0 radical (unpaired) electrons. The van der Waals surface area contributed by atoms with E-state index in [1.165, 1.54) is 49.9 Å². The van der Waals surface area contributed by atoms with Crippen molar-refractivity contribution in [2.24, 2.45) is 5.92 Å². The summed E-state index contributed by atoms with van der Waals surface area (Å²) in [5, 5.41) is 19.0. The lowest BCUT2D eigenvalue weighted by molar-refractivity contribution is -0.134. The first kappa shape index (κ1) is 27.8. The predicted molar refractivity (Wildman–Crippen MR) is 144 cm³/mol. The van der Waals surface area contributed by atoms with Crippen molar-refractivity contribution in [2.75, 3.05) is 32.0 Å². The number of aromatic amines is 1. The van der Waals surface area contributed by atoms with E-state index in [1.807, 2.05) is 13.1 Å². The Morgan fingerprint density at radius 1 is 1.11 bits per heavy atom. The van der Waals surface area contributed by atoms with Gasteiger partial charge < -0.3 is 25.4 Å². The number of carbonyl (C=O) groups is 2. The topological polar surface area (TPSA) is 144 Å². The van der Waals surface area contributed by atoms with Gasteiger partial charge >= 0.3 is 11.9 Å². The molecule has 1 aliphatic rings. The van der Waals surface area contributed by atoms with Crippen LogP contribution in [0.15, 0.2) is 30.5 Å². The highest BCUT2D eigenvalue weighted by Gasteiger charge is 2.16. The molecule has 4 rings (SSSR count). The number of nitrogens with one attached hydrogen (secondary N) is 2. The van der Waals surface area contributed by atoms with Crippen LogP contribution in [-0.4, -0.2) is 73.7 Å². The molecule has 1 aromatic carbocycles. The number of aliphatic carboxylic acids is 2. The van der Waals surface area contributed by atoms with Crippen LogP contribution in [0.2, 0.25) is 0 Å². The molecular weight excluding hydrogens is 472 g/mol. The molecule has 3 heterocycles. The second-order valence-corrected chi connectivity index (χ2v) is 9.58. The molecule has 0 saturated carbocycles. The number of aryl methyl sites for hydroxylation is 3. The molecule has 198 valence electrons. The summed E-state index contributed by atoms with van der Waals surface area (Å²) < 4.78 is 0. The normalized spacial score (nSPS) is 14.5. The van der Waals surface area contributed by atoms with Crippen molar-refractivity contribution in [3.05, 3.63) is 47.3 Å². The summed E-state index contributed by atoms with van der Waals surface area (Å²) in [5.74, 6) is -0.101. The maximum Gasteiger partial charge on any atom is 0.328 e. The second kappa shape index (κ2) is 13.0. The van der Waals surface area contributed by atoms with Gasteiger partial charge in [-0.05, 0) is 89.7 Å². The summed E-state index contributed by atoms with van der Waals surface area (Å²) in [7, 11) is 2.22. The largest absolute Gasteiger partial charge is 0.478 e. The lowest BCUT2D eigenvalue weighted by Crippen LogP contribution is -2.30. The van der Waals surface area contributed by atoms with E-state index in [0.717, 1.165) is 40.6 Å². The van der Waals surface area contributed by atoms with Crippen LogP contribution < -0.4 is 5.32 Å². The zero-order valence-corrected chi connectivity index (χ0v) is 21.9. The summed E-state index contributed by atoms with van der Waals surface area (Å²) in [5.41, 5.74) is 6.39. The van der Waals surface area contributed by atoms with E-state index in [2.05, 4.69) is 58.2 Å². The second-order valence-electron chi connectivity index (χ2n) is 9.58. The number of aromatic nitrogens is 4. The monoisotopic (exact) mass is 508 g/mol. The van der Waals surface area contributed by atoms with Gasteiger partial charge in [0.05, 0.1) is 22.3 Å². The van der Waals surface area contributed by atoms with Gasteiger partial charge in [0, 0.05) is 24.9 Å². The number of fused-ring (bicyclic) bond motifs is 1. The van der Waals surface area contributed by atoms with Gasteiger partial charge in [-0.3, -0.25) is 0 Å². The third kappa shape index (κ3) is 8.38. The Morgan fingerprint density at radius 3 is 2.41 bits per heavy atom. The average Bonchev–Trinajstić information content (AvgIpc) is 3.26. The van der Waals surface area contributed by atoms with Crippen molar-refractivity contribution in [3.8, 4) is 11.4 Å². The minimum atomic E-state index is -1.26. The third-order valence-electron chi connectivity index (χ3n) is 6.43. The highest BCUT2D eigenvalue weighted by Crippen LogP contribution is 2.25. The van der Waals surface area contributed by atoms with Gasteiger partial charge in [-0.25, -0.2) is 24.5 Å². The fourth-order valence-electron chi connectivity index (χ4n) is 4.47. The zero-order chi connectivity index (χ0) is 26.9. The maximum absolute atomic E-state index is 9.55. The first-order valence-corrected chi connectivity index (χ1v) is 12.5. The first-order chi connectivity index (χ1) is 17.6. The number of benzene rings is 1. The molecule has 0 aliphatic carbocycles. The highest BCUT2D eigenvalue weighted by atomic mass is 16.4. The number of hydrogen-bond acceptors (Lipinski definition) is 7. The number of rotatable bonds is 8. The summed E-state index contributed by atoms with van der Waals surface area (Å²) in [6.07, 6.45) is 8.11. The van der Waals surface area contributed by atoms with Gasteiger partial charge in [0.1, 0.15) is 5.82 Å². The van der Waals surface area contributed by atoms with E-state index in [-0.39, 0.29) is 0 Å². The molecule has 1 saturated heterocycles. The lowest BCUT2D eigenvalue weighted by Gasteiger charge is -2.28. The Kier molecular flexibility index (Phi) is 9.73. The molecule has 0 amide bonds. The number of H-pyrrole nitrogens is 1. The summed E-state index contributed by atoms with van der Waals surface area (Å²) in [6, 6.07) is 4.30.